The summed E-state index contributed by atoms with van der Waals surface area (Å²) in [5.41, 5.74) is 3.62. The van der Waals surface area contributed by atoms with Gasteiger partial charge in [-0.05, 0) is 42.8 Å². The lowest BCUT2D eigenvalue weighted by atomic mass is 10.1. The Morgan fingerprint density at radius 2 is 1.79 bits per heavy atom. The van der Waals surface area contributed by atoms with E-state index in [0.29, 0.717) is 22.0 Å². The van der Waals surface area contributed by atoms with Gasteiger partial charge in [0, 0.05) is 11.9 Å². The quantitative estimate of drug-likeness (QED) is 0.605. The molecule has 0 spiro atoms. The average Bonchev–Trinajstić information content (AvgIpc) is 2.71. The Labute approximate surface area is 167 Å². The number of aryl methyl sites for hydroxylation is 1. The first-order valence-corrected chi connectivity index (χ1v) is 8.82. The molecule has 6 nitrogen and oxygen atoms in total. The van der Waals surface area contributed by atoms with Gasteiger partial charge in [-0.1, -0.05) is 29.8 Å². The van der Waals surface area contributed by atoms with E-state index in [4.69, 9.17) is 11.6 Å². The third kappa shape index (κ3) is 4.47. The molecule has 0 aliphatic rings. The molecule has 28 heavy (non-hydrogen) atoms. The SMILES string of the molecule is COC(=O)c1ccc(Cl)c(NC(=O)c2cncc(Nc3ccccc3C)c2)c1. The molecule has 1 amide bonds. The summed E-state index contributed by atoms with van der Waals surface area (Å²) in [5, 5.41) is 6.25. The molecule has 0 fully saturated rings. The lowest BCUT2D eigenvalue weighted by Gasteiger charge is -2.11. The van der Waals surface area contributed by atoms with Crippen molar-refractivity contribution in [3.8, 4) is 0 Å². The third-order valence-corrected chi connectivity index (χ3v) is 4.39. The van der Waals surface area contributed by atoms with Crippen molar-refractivity contribution in [2.45, 2.75) is 6.92 Å². The molecular formula is C21H18ClN3O3. The minimum atomic E-state index is -0.515. The van der Waals surface area contributed by atoms with Crippen LogP contribution < -0.4 is 10.6 Å². The maximum Gasteiger partial charge on any atom is 0.337 e. The van der Waals surface area contributed by atoms with Gasteiger partial charge in [0.1, 0.15) is 0 Å². The molecule has 3 aromatic rings. The number of anilines is 3. The second kappa shape index (κ2) is 8.54. The average molecular weight is 396 g/mol. The number of nitrogens with one attached hydrogen (secondary N) is 2. The maximum atomic E-state index is 12.6. The first-order valence-electron chi connectivity index (χ1n) is 8.45. The lowest BCUT2D eigenvalue weighted by molar-refractivity contribution is 0.0600. The standard InChI is InChI=1S/C21H18ClN3O3/c1-13-5-3-4-6-18(13)24-16-9-15(11-23-12-16)20(26)25-19-10-14(21(27)28-2)7-8-17(19)22/h3-12,24H,1-2H3,(H,25,26). The highest BCUT2D eigenvalue weighted by atomic mass is 35.5. The van der Waals surface area contributed by atoms with Crippen LogP contribution in [0.25, 0.3) is 0 Å². The third-order valence-electron chi connectivity index (χ3n) is 4.06. The van der Waals surface area contributed by atoms with E-state index in [9.17, 15) is 9.59 Å². The van der Waals surface area contributed by atoms with Crippen LogP contribution >= 0.6 is 11.6 Å². The van der Waals surface area contributed by atoms with Crippen LogP contribution in [0.5, 0.6) is 0 Å². The summed E-state index contributed by atoms with van der Waals surface area (Å²) >= 11 is 6.14. The fourth-order valence-electron chi connectivity index (χ4n) is 2.56. The number of hydrogen-bond acceptors (Lipinski definition) is 5. The number of ether oxygens (including phenoxy) is 1. The molecule has 3 rings (SSSR count). The molecule has 2 aromatic carbocycles. The van der Waals surface area contributed by atoms with E-state index in [1.54, 1.807) is 12.3 Å². The monoisotopic (exact) mass is 395 g/mol. The predicted molar refractivity (Wildman–Crippen MR) is 109 cm³/mol. The molecular weight excluding hydrogens is 378 g/mol. The van der Waals surface area contributed by atoms with Crippen LogP contribution in [-0.4, -0.2) is 24.0 Å². The topological polar surface area (TPSA) is 80.3 Å². The van der Waals surface area contributed by atoms with E-state index in [1.165, 1.54) is 31.5 Å². The molecule has 1 aromatic heterocycles. The van der Waals surface area contributed by atoms with Gasteiger partial charge < -0.3 is 15.4 Å². The highest BCUT2D eigenvalue weighted by molar-refractivity contribution is 6.34. The fraction of sp³-hybridized carbons (Fsp3) is 0.0952. The number of nitrogens with zero attached hydrogens (tertiary/aromatic N) is 1. The maximum absolute atomic E-state index is 12.6. The van der Waals surface area contributed by atoms with Crippen molar-refractivity contribution in [3.63, 3.8) is 0 Å². The van der Waals surface area contributed by atoms with Crippen LogP contribution in [0.2, 0.25) is 5.02 Å². The number of amides is 1. The van der Waals surface area contributed by atoms with Gasteiger partial charge in [0.15, 0.2) is 0 Å². The summed E-state index contributed by atoms with van der Waals surface area (Å²) in [5.74, 6) is -0.914. The van der Waals surface area contributed by atoms with Gasteiger partial charge in [0.05, 0.1) is 40.8 Å². The summed E-state index contributed by atoms with van der Waals surface area (Å²) in [7, 11) is 1.29. The number of para-hydroxylation sites is 1. The number of aromatic nitrogens is 1. The van der Waals surface area contributed by atoms with Gasteiger partial charge in [-0.15, -0.1) is 0 Å². The number of methoxy groups -OCH3 is 1. The minimum Gasteiger partial charge on any atom is -0.465 e. The number of benzene rings is 2. The molecule has 1 heterocycles. The van der Waals surface area contributed by atoms with Crippen LogP contribution in [0, 0.1) is 6.92 Å². The van der Waals surface area contributed by atoms with Gasteiger partial charge in [0.2, 0.25) is 0 Å². The molecule has 0 radical (unpaired) electrons. The number of carbonyl (C=O) groups is 2. The molecule has 7 heteroatoms. The molecule has 0 saturated heterocycles. The Morgan fingerprint density at radius 3 is 2.54 bits per heavy atom. The summed E-state index contributed by atoms with van der Waals surface area (Å²) in [4.78, 5) is 28.4. The van der Waals surface area contributed by atoms with Gasteiger partial charge >= 0.3 is 5.97 Å². The van der Waals surface area contributed by atoms with E-state index < -0.39 is 11.9 Å². The van der Waals surface area contributed by atoms with Gasteiger partial charge in [-0.3, -0.25) is 9.78 Å². The number of esters is 1. The summed E-state index contributed by atoms with van der Waals surface area (Å²) in [6.07, 6.45) is 3.09. The molecule has 2 N–H and O–H groups in total. The van der Waals surface area contributed by atoms with Crippen LogP contribution in [0.1, 0.15) is 26.3 Å². The molecule has 142 valence electrons. The smallest absolute Gasteiger partial charge is 0.337 e. The predicted octanol–water partition coefficient (Wildman–Crippen LogP) is 4.83. The van der Waals surface area contributed by atoms with Crippen molar-refractivity contribution < 1.29 is 14.3 Å². The second-order valence-corrected chi connectivity index (χ2v) is 6.45. The minimum absolute atomic E-state index is 0.287. The fourth-order valence-corrected chi connectivity index (χ4v) is 2.73. The Morgan fingerprint density at radius 1 is 1.00 bits per heavy atom. The van der Waals surface area contributed by atoms with Gasteiger partial charge in [-0.25, -0.2) is 4.79 Å². The molecule has 0 saturated carbocycles. The van der Waals surface area contributed by atoms with Crippen molar-refractivity contribution in [2.24, 2.45) is 0 Å². The molecule has 0 aliphatic heterocycles. The van der Waals surface area contributed by atoms with Crippen LogP contribution in [-0.2, 0) is 4.74 Å². The van der Waals surface area contributed by atoms with Crippen molar-refractivity contribution in [1.29, 1.82) is 0 Å². The van der Waals surface area contributed by atoms with Crippen molar-refractivity contribution in [3.05, 3.63) is 82.6 Å². The van der Waals surface area contributed by atoms with Crippen molar-refractivity contribution in [1.82, 2.24) is 4.98 Å². The second-order valence-electron chi connectivity index (χ2n) is 6.04. The Hall–Kier alpha value is -3.38. The zero-order valence-electron chi connectivity index (χ0n) is 15.3. The van der Waals surface area contributed by atoms with Gasteiger partial charge in [0.25, 0.3) is 5.91 Å². The zero-order chi connectivity index (χ0) is 20.1. The van der Waals surface area contributed by atoms with E-state index >= 15 is 0 Å². The lowest BCUT2D eigenvalue weighted by Crippen LogP contribution is -2.13. The molecule has 0 atom stereocenters. The number of hydrogen-bond donors (Lipinski definition) is 2. The first-order chi connectivity index (χ1) is 13.5. The zero-order valence-corrected chi connectivity index (χ0v) is 16.1. The van der Waals surface area contributed by atoms with E-state index in [-0.39, 0.29) is 5.56 Å². The summed E-state index contributed by atoms with van der Waals surface area (Å²) < 4.78 is 4.69. The highest BCUT2D eigenvalue weighted by Crippen LogP contribution is 2.25. The summed E-state index contributed by atoms with van der Waals surface area (Å²) in [6.45, 7) is 1.99. The Kier molecular flexibility index (Phi) is 5.91. The van der Waals surface area contributed by atoms with Crippen molar-refractivity contribution in [2.75, 3.05) is 17.7 Å². The summed E-state index contributed by atoms with van der Waals surface area (Å²) in [6, 6.07) is 14.0. The number of rotatable bonds is 5. The van der Waals surface area contributed by atoms with Crippen LogP contribution in [0.4, 0.5) is 17.1 Å². The van der Waals surface area contributed by atoms with E-state index in [2.05, 4.69) is 20.4 Å². The molecule has 0 bridgehead atoms. The van der Waals surface area contributed by atoms with Crippen LogP contribution in [0.3, 0.4) is 0 Å². The first kappa shape index (κ1) is 19.4. The number of carbonyl (C=O) groups excluding carboxylic acids is 2. The number of halogens is 1. The van der Waals surface area contributed by atoms with Gasteiger partial charge in [-0.2, -0.15) is 0 Å². The van der Waals surface area contributed by atoms with E-state index in [1.807, 2.05) is 31.2 Å². The Balaban J connectivity index is 1.80. The van der Waals surface area contributed by atoms with Crippen molar-refractivity contribution >= 4 is 40.5 Å². The molecule has 0 unspecified atom stereocenters. The highest BCUT2D eigenvalue weighted by Gasteiger charge is 2.13. The normalized spacial score (nSPS) is 10.2. The number of pyridine rings is 1. The van der Waals surface area contributed by atoms with E-state index in [0.717, 1.165) is 11.3 Å². The largest absolute Gasteiger partial charge is 0.465 e. The molecule has 0 aliphatic carbocycles. The Bertz CT molecular complexity index is 1040. The van der Waals surface area contributed by atoms with Crippen LogP contribution in [0.15, 0.2) is 60.9 Å².